The Hall–Kier alpha value is -0.930. The fourth-order valence-corrected chi connectivity index (χ4v) is 1.89. The third-order valence-corrected chi connectivity index (χ3v) is 3.52. The second-order valence-corrected chi connectivity index (χ2v) is 4.84. The van der Waals surface area contributed by atoms with Gasteiger partial charge in [-0.3, -0.25) is 0 Å². The fourth-order valence-electron chi connectivity index (χ4n) is 1.47. The number of halogens is 2. The fraction of sp³-hybridized carbons (Fsp3) is 0.167. The van der Waals surface area contributed by atoms with Gasteiger partial charge < -0.3 is 0 Å². The van der Waals surface area contributed by atoms with Gasteiger partial charge in [-0.15, -0.1) is 0 Å². The molecule has 0 spiro atoms. The number of benzene rings is 1. The van der Waals surface area contributed by atoms with Gasteiger partial charge >= 0.3 is 0 Å². The van der Waals surface area contributed by atoms with Gasteiger partial charge in [0.2, 0.25) is 0 Å². The van der Waals surface area contributed by atoms with Crippen LogP contribution in [-0.2, 0) is 0 Å². The van der Waals surface area contributed by atoms with Crippen molar-refractivity contribution in [3.63, 3.8) is 0 Å². The molecule has 2 aromatic rings. The Labute approximate surface area is 108 Å². The van der Waals surface area contributed by atoms with Crippen LogP contribution in [0.1, 0.15) is 11.4 Å². The third kappa shape index (κ3) is 2.25. The van der Waals surface area contributed by atoms with Crippen LogP contribution in [-0.4, -0.2) is 9.97 Å². The summed E-state index contributed by atoms with van der Waals surface area (Å²) >= 11 is 9.44. The number of rotatable bonds is 1. The van der Waals surface area contributed by atoms with Crippen LogP contribution in [0.25, 0.3) is 11.3 Å². The molecule has 4 heteroatoms. The van der Waals surface area contributed by atoms with Gasteiger partial charge in [0, 0.05) is 16.2 Å². The summed E-state index contributed by atoms with van der Waals surface area (Å²) in [5.74, 6) is 0.764. The van der Waals surface area contributed by atoms with Crippen molar-refractivity contribution in [2.75, 3.05) is 0 Å². The zero-order valence-corrected chi connectivity index (χ0v) is 11.3. The average Bonchev–Trinajstić information content (AvgIpc) is 2.26. The van der Waals surface area contributed by atoms with E-state index in [-0.39, 0.29) is 0 Å². The minimum atomic E-state index is 0.688. The lowest BCUT2D eigenvalue weighted by Crippen LogP contribution is -1.94. The van der Waals surface area contributed by atoms with E-state index in [1.54, 1.807) is 0 Å². The second-order valence-electron chi connectivity index (χ2n) is 3.58. The zero-order chi connectivity index (χ0) is 11.7. The summed E-state index contributed by atoms with van der Waals surface area (Å²) in [5, 5.41) is 0.688. The lowest BCUT2D eigenvalue weighted by Gasteiger charge is -2.06. The van der Waals surface area contributed by atoms with Crippen molar-refractivity contribution in [3.8, 4) is 11.3 Å². The van der Waals surface area contributed by atoms with Crippen molar-refractivity contribution < 1.29 is 0 Å². The largest absolute Gasteiger partial charge is 0.241 e. The standard InChI is InChI=1S/C12H10BrClN2/c1-7-6-15-8(2)16-12(7)9-3-4-10(13)11(14)5-9/h3-6H,1-2H3. The summed E-state index contributed by atoms with van der Waals surface area (Å²) in [6, 6.07) is 5.82. The van der Waals surface area contributed by atoms with E-state index in [0.29, 0.717) is 5.02 Å². The van der Waals surface area contributed by atoms with Crippen LogP contribution < -0.4 is 0 Å². The van der Waals surface area contributed by atoms with E-state index in [2.05, 4.69) is 25.9 Å². The number of nitrogens with zero attached hydrogens (tertiary/aromatic N) is 2. The molecule has 0 fully saturated rings. The van der Waals surface area contributed by atoms with Crippen LogP contribution in [0.3, 0.4) is 0 Å². The average molecular weight is 298 g/mol. The van der Waals surface area contributed by atoms with Crippen LogP contribution in [0.4, 0.5) is 0 Å². The highest BCUT2D eigenvalue weighted by Crippen LogP contribution is 2.29. The first-order valence-corrected chi connectivity index (χ1v) is 6.00. The Kier molecular flexibility index (Phi) is 3.26. The van der Waals surface area contributed by atoms with E-state index < -0.39 is 0 Å². The first kappa shape index (κ1) is 11.6. The first-order chi connectivity index (χ1) is 7.58. The van der Waals surface area contributed by atoms with Crippen LogP contribution >= 0.6 is 27.5 Å². The second kappa shape index (κ2) is 4.52. The van der Waals surface area contributed by atoms with Crippen molar-refractivity contribution in [2.24, 2.45) is 0 Å². The third-order valence-electron chi connectivity index (χ3n) is 2.29. The minimum Gasteiger partial charge on any atom is -0.241 e. The summed E-state index contributed by atoms with van der Waals surface area (Å²) in [6.07, 6.45) is 1.83. The predicted molar refractivity (Wildman–Crippen MR) is 69.7 cm³/mol. The molecule has 0 atom stereocenters. The molecule has 2 nitrogen and oxygen atoms in total. The molecule has 0 aliphatic heterocycles. The summed E-state index contributed by atoms with van der Waals surface area (Å²) < 4.78 is 0.890. The maximum absolute atomic E-state index is 6.07. The van der Waals surface area contributed by atoms with Gasteiger partial charge in [0.25, 0.3) is 0 Å². The van der Waals surface area contributed by atoms with Gasteiger partial charge in [0.05, 0.1) is 10.7 Å². The van der Waals surface area contributed by atoms with Crippen LogP contribution in [0.2, 0.25) is 5.02 Å². The lowest BCUT2D eigenvalue weighted by atomic mass is 10.1. The maximum atomic E-state index is 6.07. The number of aromatic nitrogens is 2. The molecule has 0 aliphatic rings. The summed E-state index contributed by atoms with van der Waals surface area (Å²) in [4.78, 5) is 8.58. The Morgan fingerprint density at radius 2 is 2.00 bits per heavy atom. The van der Waals surface area contributed by atoms with E-state index in [1.165, 1.54) is 0 Å². The number of aryl methyl sites for hydroxylation is 2. The molecule has 1 heterocycles. The predicted octanol–water partition coefficient (Wildman–Crippen LogP) is 4.18. The number of hydrogen-bond donors (Lipinski definition) is 0. The van der Waals surface area contributed by atoms with Crippen LogP contribution in [0.5, 0.6) is 0 Å². The van der Waals surface area contributed by atoms with E-state index in [9.17, 15) is 0 Å². The molecule has 0 saturated heterocycles. The summed E-state index contributed by atoms with van der Waals surface area (Å²) in [6.45, 7) is 3.87. The van der Waals surface area contributed by atoms with Crippen LogP contribution in [0, 0.1) is 13.8 Å². The van der Waals surface area contributed by atoms with Crippen molar-refractivity contribution >= 4 is 27.5 Å². The zero-order valence-electron chi connectivity index (χ0n) is 8.96. The molecular weight excluding hydrogens is 288 g/mol. The Bertz CT molecular complexity index is 541. The summed E-state index contributed by atoms with van der Waals surface area (Å²) in [7, 11) is 0. The van der Waals surface area contributed by atoms with E-state index in [1.807, 2.05) is 38.2 Å². The minimum absolute atomic E-state index is 0.688. The van der Waals surface area contributed by atoms with Gasteiger partial charge in [-0.1, -0.05) is 17.7 Å². The SMILES string of the molecule is Cc1ncc(C)c(-c2ccc(Br)c(Cl)c2)n1. The van der Waals surface area contributed by atoms with Gasteiger partial charge in [0.15, 0.2) is 0 Å². The van der Waals surface area contributed by atoms with Gasteiger partial charge in [-0.2, -0.15) is 0 Å². The molecule has 0 amide bonds. The number of hydrogen-bond acceptors (Lipinski definition) is 2. The smallest absolute Gasteiger partial charge is 0.125 e. The Morgan fingerprint density at radius 3 is 2.69 bits per heavy atom. The van der Waals surface area contributed by atoms with Gasteiger partial charge in [-0.05, 0) is 47.5 Å². The van der Waals surface area contributed by atoms with Crippen molar-refractivity contribution in [1.82, 2.24) is 9.97 Å². The molecule has 82 valence electrons. The Balaban J connectivity index is 2.58. The molecule has 1 aromatic carbocycles. The molecular formula is C12H10BrClN2. The van der Waals surface area contributed by atoms with Crippen molar-refractivity contribution in [2.45, 2.75) is 13.8 Å². The van der Waals surface area contributed by atoms with Crippen molar-refractivity contribution in [1.29, 1.82) is 0 Å². The van der Waals surface area contributed by atoms with Gasteiger partial charge in [-0.25, -0.2) is 9.97 Å². The van der Waals surface area contributed by atoms with Gasteiger partial charge in [0.1, 0.15) is 5.82 Å². The quantitative estimate of drug-likeness (QED) is 0.789. The molecule has 0 saturated carbocycles. The normalized spacial score (nSPS) is 10.5. The first-order valence-electron chi connectivity index (χ1n) is 4.83. The lowest BCUT2D eigenvalue weighted by molar-refractivity contribution is 1.04. The molecule has 0 aliphatic carbocycles. The molecule has 2 rings (SSSR count). The molecule has 0 N–H and O–H groups in total. The molecule has 16 heavy (non-hydrogen) atoms. The molecule has 1 aromatic heterocycles. The molecule has 0 radical (unpaired) electrons. The molecule has 0 unspecified atom stereocenters. The topological polar surface area (TPSA) is 25.8 Å². The summed E-state index contributed by atoms with van der Waals surface area (Å²) in [5.41, 5.74) is 2.99. The van der Waals surface area contributed by atoms with Crippen LogP contribution in [0.15, 0.2) is 28.9 Å². The van der Waals surface area contributed by atoms with E-state index in [4.69, 9.17) is 11.6 Å². The van der Waals surface area contributed by atoms with Crippen molar-refractivity contribution in [3.05, 3.63) is 45.3 Å². The highest BCUT2D eigenvalue weighted by atomic mass is 79.9. The monoisotopic (exact) mass is 296 g/mol. The maximum Gasteiger partial charge on any atom is 0.125 e. The van der Waals surface area contributed by atoms with E-state index in [0.717, 1.165) is 27.1 Å². The highest BCUT2D eigenvalue weighted by molar-refractivity contribution is 9.10. The van der Waals surface area contributed by atoms with E-state index >= 15 is 0 Å². The highest BCUT2D eigenvalue weighted by Gasteiger charge is 2.06. The Morgan fingerprint density at radius 1 is 1.25 bits per heavy atom. The molecule has 0 bridgehead atoms.